The molecule has 2 aromatic rings. The van der Waals surface area contributed by atoms with Crippen molar-refractivity contribution >= 4 is 11.9 Å². The molecule has 3 rings (SSSR count). The van der Waals surface area contributed by atoms with E-state index in [4.69, 9.17) is 10.00 Å². The molecule has 1 saturated heterocycles. The number of carbonyl (C=O) groups excluding carboxylic acids is 2. The maximum Gasteiger partial charge on any atom is 0.338 e. The Morgan fingerprint density at radius 1 is 1.07 bits per heavy atom. The van der Waals surface area contributed by atoms with Crippen LogP contribution in [0.25, 0.3) is 0 Å². The van der Waals surface area contributed by atoms with Gasteiger partial charge in [0.1, 0.15) is 0 Å². The Balaban J connectivity index is 1.44. The number of hydrogen-bond acceptors (Lipinski definition) is 4. The number of likely N-dealkylation sites (tertiary alicyclic amines) is 1. The van der Waals surface area contributed by atoms with Gasteiger partial charge in [0.2, 0.25) is 0 Å². The molecule has 1 amide bonds. The van der Waals surface area contributed by atoms with E-state index >= 15 is 0 Å². The first-order chi connectivity index (χ1) is 13.2. The quantitative estimate of drug-likeness (QED) is 0.766. The largest absolute Gasteiger partial charge is 0.452 e. The number of esters is 1. The van der Waals surface area contributed by atoms with Gasteiger partial charge < -0.3 is 9.64 Å². The first-order valence-corrected chi connectivity index (χ1v) is 9.14. The van der Waals surface area contributed by atoms with Gasteiger partial charge in [-0.15, -0.1) is 0 Å². The van der Waals surface area contributed by atoms with Crippen LogP contribution in [0.15, 0.2) is 54.6 Å². The average molecular weight is 362 g/mol. The van der Waals surface area contributed by atoms with E-state index in [9.17, 15) is 9.59 Å². The van der Waals surface area contributed by atoms with Crippen LogP contribution in [0.3, 0.4) is 0 Å². The minimum absolute atomic E-state index is 0.169. The standard InChI is InChI=1S/C22H22N2O3/c23-15-19-7-4-8-20(14-19)22(26)27-16-21(25)24-11-9-18(10-12-24)13-17-5-2-1-3-6-17/h1-8,14,18H,9-13,16H2. The number of hydrogen-bond donors (Lipinski definition) is 0. The molecule has 1 aliphatic rings. The SMILES string of the molecule is N#Cc1cccc(C(=O)OCC(=O)N2CCC(Cc3ccccc3)CC2)c1. The summed E-state index contributed by atoms with van der Waals surface area (Å²) in [5, 5.41) is 8.88. The molecule has 0 bridgehead atoms. The van der Waals surface area contributed by atoms with Crippen LogP contribution in [0.4, 0.5) is 0 Å². The highest BCUT2D eigenvalue weighted by Gasteiger charge is 2.23. The van der Waals surface area contributed by atoms with Gasteiger partial charge in [0, 0.05) is 13.1 Å². The highest BCUT2D eigenvalue weighted by molar-refractivity contribution is 5.91. The van der Waals surface area contributed by atoms with Gasteiger partial charge in [0.05, 0.1) is 17.2 Å². The first-order valence-electron chi connectivity index (χ1n) is 9.14. The normalized spacial score (nSPS) is 14.4. The second kappa shape index (κ2) is 9.00. The smallest absolute Gasteiger partial charge is 0.338 e. The van der Waals surface area contributed by atoms with Gasteiger partial charge in [-0.05, 0) is 48.9 Å². The molecule has 0 saturated carbocycles. The van der Waals surface area contributed by atoms with Crippen molar-refractivity contribution < 1.29 is 14.3 Å². The molecular formula is C22H22N2O3. The number of ether oxygens (including phenoxy) is 1. The van der Waals surface area contributed by atoms with Gasteiger partial charge in [-0.3, -0.25) is 4.79 Å². The summed E-state index contributed by atoms with van der Waals surface area (Å²) in [4.78, 5) is 26.1. The van der Waals surface area contributed by atoms with E-state index in [1.165, 1.54) is 11.6 Å². The average Bonchev–Trinajstić information content (AvgIpc) is 2.73. The molecule has 0 spiro atoms. The van der Waals surface area contributed by atoms with Crippen LogP contribution in [0, 0.1) is 17.2 Å². The third kappa shape index (κ3) is 5.18. The lowest BCUT2D eigenvalue weighted by Gasteiger charge is -2.32. The van der Waals surface area contributed by atoms with E-state index in [0.29, 0.717) is 24.6 Å². The van der Waals surface area contributed by atoms with Crippen LogP contribution in [0.2, 0.25) is 0 Å². The third-order valence-corrected chi connectivity index (χ3v) is 4.89. The third-order valence-electron chi connectivity index (χ3n) is 4.89. The summed E-state index contributed by atoms with van der Waals surface area (Å²) in [5.74, 6) is -0.176. The minimum Gasteiger partial charge on any atom is -0.452 e. The lowest BCUT2D eigenvalue weighted by atomic mass is 9.90. The van der Waals surface area contributed by atoms with Crippen LogP contribution < -0.4 is 0 Å². The van der Waals surface area contributed by atoms with Crippen LogP contribution >= 0.6 is 0 Å². The first kappa shape index (κ1) is 18.7. The van der Waals surface area contributed by atoms with Crippen molar-refractivity contribution in [3.8, 4) is 6.07 Å². The second-order valence-electron chi connectivity index (χ2n) is 6.78. The number of rotatable bonds is 5. The molecule has 1 heterocycles. The maximum absolute atomic E-state index is 12.3. The van der Waals surface area contributed by atoms with Crippen LogP contribution in [-0.2, 0) is 16.0 Å². The Kier molecular flexibility index (Phi) is 6.22. The highest BCUT2D eigenvalue weighted by atomic mass is 16.5. The number of piperidine rings is 1. The van der Waals surface area contributed by atoms with Gasteiger partial charge in [-0.1, -0.05) is 36.4 Å². The van der Waals surface area contributed by atoms with Crippen molar-refractivity contribution in [2.75, 3.05) is 19.7 Å². The van der Waals surface area contributed by atoms with E-state index < -0.39 is 5.97 Å². The summed E-state index contributed by atoms with van der Waals surface area (Å²) in [6.45, 7) is 1.12. The van der Waals surface area contributed by atoms with Crippen LogP contribution in [0.5, 0.6) is 0 Å². The van der Waals surface area contributed by atoms with Crippen LogP contribution in [0.1, 0.15) is 34.3 Å². The van der Waals surface area contributed by atoms with Crippen molar-refractivity contribution in [1.82, 2.24) is 4.90 Å². The molecular weight excluding hydrogens is 340 g/mol. The molecule has 0 radical (unpaired) electrons. The Labute approximate surface area is 159 Å². The van der Waals surface area contributed by atoms with Crippen LogP contribution in [-0.4, -0.2) is 36.5 Å². The van der Waals surface area contributed by atoms with Gasteiger partial charge >= 0.3 is 5.97 Å². The fourth-order valence-electron chi connectivity index (χ4n) is 3.35. The fourth-order valence-corrected chi connectivity index (χ4v) is 3.35. The molecule has 5 nitrogen and oxygen atoms in total. The lowest BCUT2D eigenvalue weighted by Crippen LogP contribution is -2.41. The Hall–Kier alpha value is -3.13. The summed E-state index contributed by atoms with van der Waals surface area (Å²) in [6.07, 6.45) is 2.95. The zero-order chi connectivity index (χ0) is 19.1. The summed E-state index contributed by atoms with van der Waals surface area (Å²) < 4.78 is 5.13. The predicted molar refractivity (Wildman–Crippen MR) is 101 cm³/mol. The fraction of sp³-hybridized carbons (Fsp3) is 0.318. The van der Waals surface area contributed by atoms with Gasteiger partial charge in [0.25, 0.3) is 5.91 Å². The van der Waals surface area contributed by atoms with E-state index in [-0.39, 0.29) is 18.1 Å². The summed E-state index contributed by atoms with van der Waals surface area (Å²) in [7, 11) is 0. The van der Waals surface area contributed by atoms with Crippen molar-refractivity contribution in [2.45, 2.75) is 19.3 Å². The minimum atomic E-state index is -0.584. The lowest BCUT2D eigenvalue weighted by molar-refractivity contribution is -0.135. The monoisotopic (exact) mass is 362 g/mol. The summed E-state index contributed by atoms with van der Waals surface area (Å²) >= 11 is 0. The Morgan fingerprint density at radius 3 is 2.52 bits per heavy atom. The molecule has 5 heteroatoms. The molecule has 0 unspecified atom stereocenters. The van der Waals surface area contributed by atoms with Gasteiger partial charge in [-0.25, -0.2) is 4.79 Å². The molecule has 138 valence electrons. The predicted octanol–water partition coefficient (Wildman–Crippen LogP) is 3.20. The zero-order valence-electron chi connectivity index (χ0n) is 15.1. The van der Waals surface area contributed by atoms with Gasteiger partial charge in [0.15, 0.2) is 6.61 Å². The second-order valence-corrected chi connectivity index (χ2v) is 6.78. The molecule has 0 aliphatic carbocycles. The van der Waals surface area contributed by atoms with E-state index in [1.807, 2.05) is 12.1 Å². The Bertz CT molecular complexity index is 834. The number of benzene rings is 2. The number of carbonyl (C=O) groups is 2. The molecule has 2 aromatic carbocycles. The zero-order valence-corrected chi connectivity index (χ0v) is 15.1. The molecule has 0 aromatic heterocycles. The Morgan fingerprint density at radius 2 is 1.81 bits per heavy atom. The summed E-state index contributed by atoms with van der Waals surface area (Å²) in [6, 6.07) is 18.6. The number of nitrogens with zero attached hydrogens (tertiary/aromatic N) is 2. The summed E-state index contributed by atoms with van der Waals surface area (Å²) in [5.41, 5.74) is 2.00. The van der Waals surface area contributed by atoms with Gasteiger partial charge in [-0.2, -0.15) is 5.26 Å². The molecule has 0 atom stereocenters. The van der Waals surface area contributed by atoms with Crippen molar-refractivity contribution in [3.05, 3.63) is 71.3 Å². The van der Waals surface area contributed by atoms with Crippen molar-refractivity contribution in [3.63, 3.8) is 0 Å². The topological polar surface area (TPSA) is 70.4 Å². The molecule has 1 aliphatic heterocycles. The number of amides is 1. The maximum atomic E-state index is 12.3. The highest BCUT2D eigenvalue weighted by Crippen LogP contribution is 2.21. The van der Waals surface area contributed by atoms with E-state index in [0.717, 1.165) is 19.3 Å². The molecule has 1 fully saturated rings. The van der Waals surface area contributed by atoms with E-state index in [2.05, 4.69) is 24.3 Å². The molecule has 27 heavy (non-hydrogen) atoms. The number of nitriles is 1. The van der Waals surface area contributed by atoms with Crippen molar-refractivity contribution in [2.24, 2.45) is 5.92 Å². The van der Waals surface area contributed by atoms with Crippen molar-refractivity contribution in [1.29, 1.82) is 5.26 Å². The van der Waals surface area contributed by atoms with E-state index in [1.54, 1.807) is 23.1 Å². The molecule has 0 N–H and O–H groups in total.